The summed E-state index contributed by atoms with van der Waals surface area (Å²) in [5.74, 6) is -5.59. The standard InChI is InChI=1S/C20H21F5N4O4S/c1-32-17-13(5-4-12(21)16(17)22)29-10-19(33-2,20(23,24)25)9-14(29)18(30)28-11-6-7-27-15(8-11)34(3,26)31/h4-8,14,26H,9-10H2,1-3H3,(H,27,28,30)/t14?,19?,34-/m1/s1/i1D3. The summed E-state index contributed by atoms with van der Waals surface area (Å²) in [4.78, 5) is 17.7. The molecule has 1 aromatic heterocycles. The van der Waals surface area contributed by atoms with E-state index in [1.165, 1.54) is 6.07 Å². The molecule has 1 saturated heterocycles. The summed E-state index contributed by atoms with van der Waals surface area (Å²) in [7, 11) is -5.84. The fraction of sp³-hybridized carbons (Fsp3) is 0.400. The average Bonchev–Trinajstić information content (AvgIpc) is 3.17. The van der Waals surface area contributed by atoms with Crippen molar-refractivity contribution in [2.45, 2.75) is 29.3 Å². The van der Waals surface area contributed by atoms with Crippen molar-refractivity contribution in [1.29, 1.82) is 4.78 Å². The number of hydrogen-bond acceptors (Lipinski definition) is 7. The molecule has 0 spiro atoms. The first-order valence-corrected chi connectivity index (χ1v) is 11.4. The van der Waals surface area contributed by atoms with Crippen LogP contribution in [0, 0.1) is 16.4 Å². The van der Waals surface area contributed by atoms with Crippen molar-refractivity contribution in [3.63, 3.8) is 0 Å². The van der Waals surface area contributed by atoms with E-state index in [0.717, 1.165) is 31.7 Å². The maximum atomic E-state index is 14.6. The van der Waals surface area contributed by atoms with Gasteiger partial charge in [-0.3, -0.25) is 4.79 Å². The molecule has 3 atom stereocenters. The van der Waals surface area contributed by atoms with Gasteiger partial charge in [0.05, 0.1) is 33.1 Å². The van der Waals surface area contributed by atoms with Gasteiger partial charge in [-0.1, -0.05) is 0 Å². The summed E-state index contributed by atoms with van der Waals surface area (Å²) in [5.41, 5.74) is -3.63. The van der Waals surface area contributed by atoms with Crippen LogP contribution < -0.4 is 15.0 Å². The molecule has 1 aliphatic heterocycles. The lowest BCUT2D eigenvalue weighted by atomic mass is 9.99. The molecule has 8 nitrogen and oxygen atoms in total. The Morgan fingerprint density at radius 1 is 1.38 bits per heavy atom. The summed E-state index contributed by atoms with van der Waals surface area (Å²) < 4.78 is 121. The highest BCUT2D eigenvalue weighted by atomic mass is 32.2. The zero-order chi connectivity index (χ0) is 28.0. The second-order valence-electron chi connectivity index (χ2n) is 7.57. The van der Waals surface area contributed by atoms with Crippen LogP contribution in [0.3, 0.4) is 0 Å². The highest BCUT2D eigenvalue weighted by Gasteiger charge is 2.63. The van der Waals surface area contributed by atoms with Gasteiger partial charge in [0.25, 0.3) is 0 Å². The van der Waals surface area contributed by atoms with Crippen LogP contribution in [0.15, 0.2) is 35.5 Å². The van der Waals surface area contributed by atoms with Crippen LogP contribution in [0.25, 0.3) is 0 Å². The first-order valence-electron chi connectivity index (χ1n) is 10.9. The molecule has 0 bridgehead atoms. The van der Waals surface area contributed by atoms with Crippen LogP contribution in [0.2, 0.25) is 0 Å². The van der Waals surface area contributed by atoms with Crippen molar-refractivity contribution in [2.24, 2.45) is 0 Å². The number of halogens is 5. The van der Waals surface area contributed by atoms with E-state index in [1.54, 1.807) is 0 Å². The van der Waals surface area contributed by atoms with Crippen molar-refractivity contribution in [1.82, 2.24) is 4.98 Å². The quantitative estimate of drug-likeness (QED) is 0.575. The third-order valence-electron chi connectivity index (χ3n) is 5.38. The molecule has 1 aromatic carbocycles. The van der Waals surface area contributed by atoms with Gasteiger partial charge >= 0.3 is 6.18 Å². The number of anilines is 2. The van der Waals surface area contributed by atoms with Crippen LogP contribution >= 0.6 is 0 Å². The molecular weight excluding hydrogens is 487 g/mol. The van der Waals surface area contributed by atoms with E-state index in [9.17, 15) is 31.0 Å². The number of carbonyl (C=O) groups is 1. The lowest BCUT2D eigenvalue weighted by molar-refractivity contribution is -0.261. The van der Waals surface area contributed by atoms with E-state index in [2.05, 4.69) is 15.0 Å². The second kappa shape index (κ2) is 8.98. The Labute approximate surface area is 196 Å². The third kappa shape index (κ3) is 4.64. The highest BCUT2D eigenvalue weighted by molar-refractivity contribution is 7.91. The van der Waals surface area contributed by atoms with Crippen LogP contribution in [-0.2, 0) is 19.3 Å². The number of alkyl halides is 3. The van der Waals surface area contributed by atoms with Gasteiger partial charge in [0.15, 0.2) is 17.2 Å². The van der Waals surface area contributed by atoms with E-state index in [0.29, 0.717) is 11.0 Å². The number of pyridine rings is 1. The number of nitrogens with zero attached hydrogens (tertiary/aromatic N) is 2. The number of carbonyl (C=O) groups excluding carboxylic acids is 1. The minimum absolute atomic E-state index is 0.0528. The zero-order valence-corrected chi connectivity index (χ0v) is 18.5. The summed E-state index contributed by atoms with van der Waals surface area (Å²) in [6, 6.07) is 1.93. The molecular formula is C20H21F5N4O4S. The number of amides is 1. The normalized spacial score (nSPS) is 24.0. The predicted molar refractivity (Wildman–Crippen MR) is 112 cm³/mol. The molecule has 1 fully saturated rings. The molecule has 1 amide bonds. The SMILES string of the molecule is [2H]C([2H])([2H])Oc1c(N2CC(OC)(C(F)(F)F)CC2C(=O)Nc2ccnc([S@](C)(=N)=O)c2)ccc(F)c1F. The van der Waals surface area contributed by atoms with Gasteiger partial charge in [-0.25, -0.2) is 18.4 Å². The first kappa shape index (κ1) is 21.5. The maximum Gasteiger partial charge on any atom is 0.419 e. The molecule has 14 heteroatoms. The number of hydrogen-bond donors (Lipinski definition) is 2. The molecule has 1 aliphatic rings. The lowest BCUT2D eigenvalue weighted by Gasteiger charge is -2.31. The van der Waals surface area contributed by atoms with E-state index >= 15 is 0 Å². The van der Waals surface area contributed by atoms with E-state index < -0.39 is 76.5 Å². The van der Waals surface area contributed by atoms with Crippen LogP contribution in [0.4, 0.5) is 33.3 Å². The Morgan fingerprint density at radius 3 is 2.68 bits per heavy atom. The van der Waals surface area contributed by atoms with Gasteiger partial charge in [-0.15, -0.1) is 0 Å². The Bertz CT molecular complexity index is 1310. The summed E-state index contributed by atoms with van der Waals surface area (Å²) >= 11 is 0. The van der Waals surface area contributed by atoms with E-state index in [-0.39, 0.29) is 10.7 Å². The van der Waals surface area contributed by atoms with Gasteiger partial charge in [0.2, 0.25) is 11.7 Å². The highest BCUT2D eigenvalue weighted by Crippen LogP contribution is 2.47. The molecule has 2 N–H and O–H groups in total. The number of benzene rings is 1. The molecule has 2 aromatic rings. The molecule has 2 unspecified atom stereocenters. The molecule has 0 aliphatic carbocycles. The van der Waals surface area contributed by atoms with Gasteiger partial charge in [-0.05, 0) is 24.3 Å². The molecule has 2 heterocycles. The predicted octanol–water partition coefficient (Wildman–Crippen LogP) is 3.57. The fourth-order valence-corrected chi connectivity index (χ4v) is 4.21. The van der Waals surface area contributed by atoms with Gasteiger partial charge in [-0.2, -0.15) is 17.6 Å². The monoisotopic (exact) mass is 511 g/mol. The lowest BCUT2D eigenvalue weighted by Crippen LogP contribution is -2.49. The minimum Gasteiger partial charge on any atom is -0.491 e. The van der Waals surface area contributed by atoms with Gasteiger partial charge < -0.3 is 19.7 Å². The second-order valence-corrected chi connectivity index (χ2v) is 9.68. The fourth-order valence-electron chi connectivity index (χ4n) is 3.60. The van der Waals surface area contributed by atoms with Crippen molar-refractivity contribution < 1.29 is 44.5 Å². The number of nitrogens with one attached hydrogen (secondary N) is 2. The number of methoxy groups -OCH3 is 2. The van der Waals surface area contributed by atoms with Crippen LogP contribution in [-0.4, -0.2) is 59.9 Å². The van der Waals surface area contributed by atoms with Crippen LogP contribution in [0.5, 0.6) is 5.75 Å². The topological polar surface area (TPSA) is 105 Å². The third-order valence-corrected chi connectivity index (χ3v) is 6.40. The van der Waals surface area contributed by atoms with Crippen molar-refractivity contribution in [3.8, 4) is 5.75 Å². The molecule has 186 valence electrons. The molecule has 0 radical (unpaired) electrons. The van der Waals surface area contributed by atoms with Crippen molar-refractivity contribution >= 4 is 27.0 Å². The minimum atomic E-state index is -5.03. The summed E-state index contributed by atoms with van der Waals surface area (Å²) in [6.07, 6.45) is -3.83. The Morgan fingerprint density at radius 2 is 2.09 bits per heavy atom. The summed E-state index contributed by atoms with van der Waals surface area (Å²) in [5, 5.41) is 2.13. The molecule has 34 heavy (non-hydrogen) atoms. The Hall–Kier alpha value is -3.00. The maximum absolute atomic E-state index is 14.6. The van der Waals surface area contributed by atoms with Gasteiger partial charge in [0, 0.05) is 31.7 Å². The number of rotatable bonds is 6. The molecule has 3 rings (SSSR count). The smallest absolute Gasteiger partial charge is 0.419 e. The van der Waals surface area contributed by atoms with E-state index in [1.807, 2.05) is 0 Å². The zero-order valence-electron chi connectivity index (χ0n) is 20.7. The van der Waals surface area contributed by atoms with E-state index in [4.69, 9.17) is 13.6 Å². The average molecular weight is 511 g/mol. The Kier molecular flexibility index (Phi) is 5.69. The number of aromatic nitrogens is 1. The summed E-state index contributed by atoms with van der Waals surface area (Å²) in [6.45, 7) is -1.09. The van der Waals surface area contributed by atoms with Gasteiger partial charge in [0.1, 0.15) is 11.1 Å². The Balaban J connectivity index is 2.11. The largest absolute Gasteiger partial charge is 0.491 e. The number of ether oxygens (including phenoxy) is 2. The first-order chi connectivity index (χ1) is 16.9. The van der Waals surface area contributed by atoms with Crippen LogP contribution in [0.1, 0.15) is 10.5 Å². The van der Waals surface area contributed by atoms with Crippen molar-refractivity contribution in [2.75, 3.05) is 37.2 Å². The molecule has 0 saturated carbocycles. The van der Waals surface area contributed by atoms with Crippen molar-refractivity contribution in [3.05, 3.63) is 42.1 Å².